The number of hydrogen-bond acceptors (Lipinski definition) is 7. The topological polar surface area (TPSA) is 138 Å². The van der Waals surface area contributed by atoms with Crippen molar-refractivity contribution in [1.29, 1.82) is 0 Å². The SMILES string of the molecule is C[C@H]1CCCCO[C@H](CN(C)C(=O)Nc2ccc(F)cc2)[C@@H](C)CN([C@@H](C)CO)C(=O)c2cc(NS(=O)(=O)c3ccccc3)ccc2O1. The van der Waals surface area contributed by atoms with E-state index in [0.29, 0.717) is 24.5 Å². The van der Waals surface area contributed by atoms with Gasteiger partial charge < -0.3 is 29.7 Å². The molecular formula is C35H45FN4O7S. The van der Waals surface area contributed by atoms with Crippen LogP contribution in [0.25, 0.3) is 0 Å². The Morgan fingerprint density at radius 3 is 2.44 bits per heavy atom. The van der Waals surface area contributed by atoms with E-state index < -0.39 is 39.9 Å². The van der Waals surface area contributed by atoms with Gasteiger partial charge in [0.15, 0.2) is 0 Å². The molecule has 4 atom stereocenters. The van der Waals surface area contributed by atoms with Gasteiger partial charge >= 0.3 is 6.03 Å². The van der Waals surface area contributed by atoms with Crippen LogP contribution in [-0.2, 0) is 14.8 Å². The van der Waals surface area contributed by atoms with Crippen molar-refractivity contribution in [3.63, 3.8) is 0 Å². The van der Waals surface area contributed by atoms with Crippen LogP contribution in [-0.4, -0.2) is 86.9 Å². The molecule has 11 nitrogen and oxygen atoms in total. The lowest BCUT2D eigenvalue weighted by Gasteiger charge is -2.35. The third-order valence-corrected chi connectivity index (χ3v) is 9.65. The number of amides is 3. The van der Waals surface area contributed by atoms with Gasteiger partial charge in [-0.2, -0.15) is 0 Å². The standard InChI is InChI=1S/C35H45FN4O7S/c1-24-21-40(25(2)23-41)34(42)31-20-29(38-48(44,45)30-11-6-5-7-12-30)17-18-32(31)47-26(3)10-8-9-19-46-33(24)22-39(4)35(43)37-28-15-13-27(36)14-16-28/h5-7,11-18,20,24-26,33,38,41H,8-10,19,21-23H2,1-4H3,(H,37,43)/t24-,25-,26-,33+/m0/s1. The van der Waals surface area contributed by atoms with E-state index in [1.807, 2.05) is 13.8 Å². The minimum absolute atomic E-state index is 0.0768. The Kier molecular flexibility index (Phi) is 12.8. The molecule has 0 fully saturated rings. The summed E-state index contributed by atoms with van der Waals surface area (Å²) in [5.74, 6) is -0.854. The van der Waals surface area contributed by atoms with Crippen molar-refractivity contribution in [2.24, 2.45) is 5.92 Å². The first-order valence-corrected chi connectivity index (χ1v) is 17.6. The molecule has 0 spiro atoms. The molecule has 3 N–H and O–H groups in total. The maximum atomic E-state index is 14.3. The summed E-state index contributed by atoms with van der Waals surface area (Å²) in [6, 6.07) is 17.0. The molecule has 0 saturated heterocycles. The number of carbonyl (C=O) groups excluding carboxylic acids is 2. The molecular weight excluding hydrogens is 639 g/mol. The van der Waals surface area contributed by atoms with Crippen LogP contribution in [0.15, 0.2) is 77.7 Å². The fraction of sp³-hybridized carbons (Fsp3) is 0.429. The van der Waals surface area contributed by atoms with Gasteiger partial charge in [0.1, 0.15) is 11.6 Å². The van der Waals surface area contributed by atoms with E-state index in [-0.39, 0.29) is 47.9 Å². The molecule has 3 amide bonds. The quantitative estimate of drug-likeness (QED) is 0.282. The zero-order valence-corrected chi connectivity index (χ0v) is 28.6. The molecule has 1 heterocycles. The molecule has 0 saturated carbocycles. The van der Waals surface area contributed by atoms with Crippen molar-refractivity contribution < 1.29 is 37.0 Å². The fourth-order valence-corrected chi connectivity index (χ4v) is 6.44. The molecule has 48 heavy (non-hydrogen) atoms. The number of anilines is 2. The molecule has 0 aliphatic carbocycles. The van der Waals surface area contributed by atoms with Crippen molar-refractivity contribution in [3.8, 4) is 5.75 Å². The second kappa shape index (κ2) is 16.8. The molecule has 1 aliphatic rings. The third kappa shape index (κ3) is 9.91. The Labute approximate surface area is 282 Å². The highest BCUT2D eigenvalue weighted by Gasteiger charge is 2.31. The lowest BCUT2D eigenvalue weighted by atomic mass is 10.0. The van der Waals surface area contributed by atoms with Crippen LogP contribution in [0.5, 0.6) is 5.75 Å². The molecule has 0 radical (unpaired) electrons. The highest BCUT2D eigenvalue weighted by molar-refractivity contribution is 7.92. The average Bonchev–Trinajstić information content (AvgIpc) is 3.07. The van der Waals surface area contributed by atoms with Crippen LogP contribution in [0.3, 0.4) is 0 Å². The van der Waals surface area contributed by atoms with Crippen LogP contribution in [0.1, 0.15) is 50.4 Å². The fourth-order valence-electron chi connectivity index (χ4n) is 5.37. The second-order valence-corrected chi connectivity index (χ2v) is 13.9. The van der Waals surface area contributed by atoms with Crippen LogP contribution < -0.4 is 14.8 Å². The Bertz CT molecular complexity index is 1630. The zero-order valence-electron chi connectivity index (χ0n) is 27.8. The third-order valence-electron chi connectivity index (χ3n) is 8.25. The maximum Gasteiger partial charge on any atom is 0.321 e. The number of likely N-dealkylation sites (N-methyl/N-ethyl adjacent to an activating group) is 1. The molecule has 0 bridgehead atoms. The second-order valence-electron chi connectivity index (χ2n) is 12.2. The summed E-state index contributed by atoms with van der Waals surface area (Å²) < 4.78 is 54.6. The zero-order chi connectivity index (χ0) is 34.8. The Hall–Kier alpha value is -4.20. The number of sulfonamides is 1. The van der Waals surface area contributed by atoms with Crippen molar-refractivity contribution in [2.45, 2.75) is 63.2 Å². The first kappa shape index (κ1) is 36.6. The van der Waals surface area contributed by atoms with Crippen molar-refractivity contribution in [1.82, 2.24) is 9.80 Å². The van der Waals surface area contributed by atoms with Gasteiger partial charge in [-0.3, -0.25) is 9.52 Å². The lowest BCUT2D eigenvalue weighted by Crippen LogP contribution is -2.48. The molecule has 0 aromatic heterocycles. The summed E-state index contributed by atoms with van der Waals surface area (Å²) in [6.45, 7) is 6.00. The predicted molar refractivity (Wildman–Crippen MR) is 182 cm³/mol. The number of carbonyl (C=O) groups is 2. The van der Waals surface area contributed by atoms with E-state index >= 15 is 0 Å². The highest BCUT2D eigenvalue weighted by Crippen LogP contribution is 2.29. The lowest BCUT2D eigenvalue weighted by molar-refractivity contribution is -0.0115. The summed E-state index contributed by atoms with van der Waals surface area (Å²) in [5, 5.41) is 12.9. The summed E-state index contributed by atoms with van der Waals surface area (Å²) in [4.78, 5) is 30.4. The molecule has 0 unspecified atom stereocenters. The molecule has 4 rings (SSSR count). The average molecular weight is 685 g/mol. The minimum atomic E-state index is -3.93. The van der Waals surface area contributed by atoms with E-state index in [1.165, 1.54) is 52.3 Å². The van der Waals surface area contributed by atoms with Crippen molar-refractivity contribution in [3.05, 3.63) is 84.2 Å². The van der Waals surface area contributed by atoms with Gasteiger partial charge in [0, 0.05) is 44.0 Å². The molecule has 260 valence electrons. The number of rotatable bonds is 8. The van der Waals surface area contributed by atoms with Crippen LogP contribution in [0.2, 0.25) is 0 Å². The monoisotopic (exact) mass is 684 g/mol. The largest absolute Gasteiger partial charge is 0.490 e. The summed E-state index contributed by atoms with van der Waals surface area (Å²) >= 11 is 0. The van der Waals surface area contributed by atoms with Gasteiger partial charge in [-0.15, -0.1) is 0 Å². The van der Waals surface area contributed by atoms with Crippen molar-refractivity contribution in [2.75, 3.05) is 43.4 Å². The molecule has 1 aliphatic heterocycles. The molecule has 13 heteroatoms. The summed E-state index contributed by atoms with van der Waals surface area (Å²) in [6.07, 6.45) is 1.47. The van der Waals surface area contributed by atoms with E-state index in [4.69, 9.17) is 9.47 Å². The van der Waals surface area contributed by atoms with E-state index in [1.54, 1.807) is 44.3 Å². The van der Waals surface area contributed by atoms with Crippen molar-refractivity contribution >= 4 is 33.3 Å². The number of aliphatic hydroxyl groups excluding tert-OH is 1. The number of nitrogens with one attached hydrogen (secondary N) is 2. The predicted octanol–water partition coefficient (Wildman–Crippen LogP) is 5.59. The van der Waals surface area contributed by atoms with Crippen LogP contribution in [0.4, 0.5) is 20.6 Å². The summed E-state index contributed by atoms with van der Waals surface area (Å²) in [7, 11) is -2.30. The normalized spacial score (nSPS) is 20.1. The molecule has 3 aromatic rings. The van der Waals surface area contributed by atoms with Gasteiger partial charge in [-0.1, -0.05) is 25.1 Å². The van der Waals surface area contributed by atoms with Crippen LogP contribution in [0, 0.1) is 11.7 Å². The number of halogens is 1. The number of ether oxygens (including phenoxy) is 2. The van der Waals surface area contributed by atoms with Gasteiger partial charge in [0.2, 0.25) is 0 Å². The first-order chi connectivity index (χ1) is 22.9. The van der Waals surface area contributed by atoms with E-state index in [2.05, 4.69) is 10.0 Å². The minimum Gasteiger partial charge on any atom is -0.490 e. The number of nitrogens with zero attached hydrogens (tertiary/aromatic N) is 2. The highest BCUT2D eigenvalue weighted by atomic mass is 32.2. The number of hydrogen-bond donors (Lipinski definition) is 3. The Morgan fingerprint density at radius 1 is 1.06 bits per heavy atom. The Morgan fingerprint density at radius 2 is 1.75 bits per heavy atom. The first-order valence-electron chi connectivity index (χ1n) is 16.1. The van der Waals surface area contributed by atoms with E-state index in [9.17, 15) is 27.5 Å². The van der Waals surface area contributed by atoms with Gasteiger partial charge in [0.25, 0.3) is 15.9 Å². The van der Waals surface area contributed by atoms with E-state index in [0.717, 1.165) is 12.8 Å². The van der Waals surface area contributed by atoms with Gasteiger partial charge in [0.05, 0.1) is 35.3 Å². The maximum absolute atomic E-state index is 14.3. The Balaban J connectivity index is 1.62. The smallest absolute Gasteiger partial charge is 0.321 e. The van der Waals surface area contributed by atoms with Crippen LogP contribution >= 0.6 is 0 Å². The number of benzene rings is 3. The molecule has 3 aromatic carbocycles. The number of urea groups is 1. The summed E-state index contributed by atoms with van der Waals surface area (Å²) in [5.41, 5.74) is 0.776. The number of fused-ring (bicyclic) bond motifs is 1. The van der Waals surface area contributed by atoms with Gasteiger partial charge in [-0.05, 0) is 87.7 Å². The number of aliphatic hydroxyl groups is 1. The van der Waals surface area contributed by atoms with Gasteiger partial charge in [-0.25, -0.2) is 17.6 Å².